The molecule has 0 aliphatic rings. The number of rotatable bonds is 7. The maximum absolute atomic E-state index is 12.5. The molecule has 3 N–H and O–H groups in total. The minimum absolute atomic E-state index is 0.114. The van der Waals surface area contributed by atoms with E-state index in [1.54, 1.807) is 13.0 Å². The molecule has 1 atom stereocenters. The van der Waals surface area contributed by atoms with Crippen molar-refractivity contribution in [3.63, 3.8) is 0 Å². The van der Waals surface area contributed by atoms with Gasteiger partial charge in [-0.25, -0.2) is 13.1 Å². The van der Waals surface area contributed by atoms with Crippen molar-refractivity contribution < 1.29 is 8.42 Å². The number of halogens is 1. The minimum atomic E-state index is -3.58. The summed E-state index contributed by atoms with van der Waals surface area (Å²) in [5.41, 5.74) is 7.05. The van der Waals surface area contributed by atoms with E-state index in [0.717, 1.165) is 18.4 Å². The molecule has 1 unspecified atom stereocenters. The number of hydrogen-bond acceptors (Lipinski definition) is 3. The van der Waals surface area contributed by atoms with Gasteiger partial charge >= 0.3 is 0 Å². The van der Waals surface area contributed by atoms with Gasteiger partial charge in [-0.2, -0.15) is 0 Å². The van der Waals surface area contributed by atoms with Crippen LogP contribution in [0.1, 0.15) is 44.7 Å². The van der Waals surface area contributed by atoms with E-state index in [9.17, 15) is 8.42 Å². The largest absolute Gasteiger partial charge is 0.326 e. The Morgan fingerprint density at radius 1 is 1.24 bits per heavy atom. The zero-order valence-corrected chi connectivity index (χ0v) is 14.7. The van der Waals surface area contributed by atoms with Crippen LogP contribution in [-0.2, 0) is 16.6 Å². The van der Waals surface area contributed by atoms with Crippen LogP contribution in [0.25, 0.3) is 0 Å². The van der Waals surface area contributed by atoms with Gasteiger partial charge in [0.05, 0.1) is 4.90 Å². The van der Waals surface area contributed by atoms with Crippen LogP contribution < -0.4 is 10.5 Å². The first-order valence-electron chi connectivity index (χ1n) is 7.18. The van der Waals surface area contributed by atoms with Crippen molar-refractivity contribution in [3.05, 3.63) is 28.3 Å². The molecule has 1 aromatic rings. The van der Waals surface area contributed by atoms with Crippen molar-refractivity contribution in [2.45, 2.75) is 58.0 Å². The molecule has 4 nitrogen and oxygen atoms in total. The van der Waals surface area contributed by atoms with Crippen LogP contribution in [0.2, 0.25) is 5.02 Å². The predicted octanol–water partition coefficient (Wildman–Crippen LogP) is 3.21. The van der Waals surface area contributed by atoms with Crippen molar-refractivity contribution in [1.82, 2.24) is 4.72 Å². The molecule has 0 saturated carbocycles. The predicted molar refractivity (Wildman–Crippen MR) is 87.9 cm³/mol. The molecule has 120 valence electrons. The van der Waals surface area contributed by atoms with Crippen LogP contribution in [0.3, 0.4) is 0 Å². The highest BCUT2D eigenvalue weighted by atomic mass is 35.5. The number of nitrogens with one attached hydrogen (secondary N) is 1. The molecule has 0 bridgehead atoms. The van der Waals surface area contributed by atoms with Crippen molar-refractivity contribution in [1.29, 1.82) is 0 Å². The maximum atomic E-state index is 12.5. The smallest absolute Gasteiger partial charge is 0.241 e. The van der Waals surface area contributed by atoms with Gasteiger partial charge in [0, 0.05) is 17.6 Å². The Bertz CT molecular complexity index is 586. The molecular formula is C15H25ClN2O2S. The highest BCUT2D eigenvalue weighted by Crippen LogP contribution is 2.24. The Balaban J connectivity index is 3.00. The van der Waals surface area contributed by atoms with Crippen molar-refractivity contribution in [2.24, 2.45) is 11.7 Å². The molecular weight excluding hydrogens is 308 g/mol. The molecule has 0 saturated heterocycles. The second-order valence-electron chi connectivity index (χ2n) is 5.89. The highest BCUT2D eigenvalue weighted by molar-refractivity contribution is 7.89. The highest BCUT2D eigenvalue weighted by Gasteiger charge is 2.21. The van der Waals surface area contributed by atoms with Gasteiger partial charge in [0.15, 0.2) is 0 Å². The molecule has 0 heterocycles. The zero-order valence-electron chi connectivity index (χ0n) is 13.1. The van der Waals surface area contributed by atoms with E-state index in [0.29, 0.717) is 16.5 Å². The summed E-state index contributed by atoms with van der Waals surface area (Å²) >= 11 is 6.00. The van der Waals surface area contributed by atoms with Gasteiger partial charge in [-0.3, -0.25) is 0 Å². The van der Waals surface area contributed by atoms with Gasteiger partial charge < -0.3 is 5.73 Å². The summed E-state index contributed by atoms with van der Waals surface area (Å²) in [7, 11) is -3.58. The van der Waals surface area contributed by atoms with Gasteiger partial charge in [0.25, 0.3) is 0 Å². The fourth-order valence-electron chi connectivity index (χ4n) is 2.17. The van der Waals surface area contributed by atoms with Gasteiger partial charge in [0.2, 0.25) is 10.0 Å². The first kappa shape index (κ1) is 18.4. The Hall–Kier alpha value is -0.620. The van der Waals surface area contributed by atoms with Gasteiger partial charge in [-0.05, 0) is 55.9 Å². The molecule has 0 aliphatic heterocycles. The first-order chi connectivity index (χ1) is 9.67. The third kappa shape index (κ3) is 5.25. The van der Waals surface area contributed by atoms with Crippen LogP contribution in [0.4, 0.5) is 0 Å². The average molecular weight is 333 g/mol. The fraction of sp³-hybridized carbons (Fsp3) is 0.600. The number of hydrogen-bond donors (Lipinski definition) is 2. The maximum Gasteiger partial charge on any atom is 0.241 e. The van der Waals surface area contributed by atoms with Gasteiger partial charge in [-0.15, -0.1) is 0 Å². The van der Waals surface area contributed by atoms with E-state index in [2.05, 4.69) is 18.6 Å². The van der Waals surface area contributed by atoms with Crippen LogP contribution >= 0.6 is 11.6 Å². The Kier molecular flexibility index (Phi) is 6.66. The fourth-order valence-corrected chi connectivity index (χ4v) is 4.07. The number of nitrogens with two attached hydrogens (primary N) is 1. The standard InChI is InChI=1S/C15H25ClN2O2S/c1-10(2)5-6-11(3)18-21(19,20)15-8-14(16)7-13(9-17)12(15)4/h7-8,10-11,18H,5-6,9,17H2,1-4H3. The van der Waals surface area contributed by atoms with E-state index in [-0.39, 0.29) is 17.5 Å². The summed E-state index contributed by atoms with van der Waals surface area (Å²) < 4.78 is 27.8. The summed E-state index contributed by atoms with van der Waals surface area (Å²) in [5.74, 6) is 0.550. The summed E-state index contributed by atoms with van der Waals surface area (Å²) in [6, 6.07) is 3.07. The molecule has 0 aromatic heterocycles. The van der Waals surface area contributed by atoms with Gasteiger partial charge in [-0.1, -0.05) is 25.4 Å². The van der Waals surface area contributed by atoms with Crippen LogP contribution in [0.5, 0.6) is 0 Å². The lowest BCUT2D eigenvalue weighted by molar-refractivity contribution is 0.485. The second-order valence-corrected chi connectivity index (χ2v) is 8.00. The lowest BCUT2D eigenvalue weighted by Crippen LogP contribution is -2.33. The molecule has 0 amide bonds. The Morgan fingerprint density at radius 3 is 2.38 bits per heavy atom. The molecule has 0 fully saturated rings. The molecule has 0 aliphatic carbocycles. The zero-order chi connectivity index (χ0) is 16.2. The van der Waals surface area contributed by atoms with Crippen LogP contribution in [0.15, 0.2) is 17.0 Å². The SMILES string of the molecule is Cc1c(CN)cc(Cl)cc1S(=O)(=O)NC(C)CCC(C)C. The second kappa shape index (κ2) is 7.58. The minimum Gasteiger partial charge on any atom is -0.326 e. The van der Waals surface area contributed by atoms with E-state index >= 15 is 0 Å². The lowest BCUT2D eigenvalue weighted by Gasteiger charge is -2.17. The summed E-state index contributed by atoms with van der Waals surface area (Å²) in [5, 5.41) is 0.385. The van der Waals surface area contributed by atoms with Crippen molar-refractivity contribution in [3.8, 4) is 0 Å². The number of sulfonamides is 1. The lowest BCUT2D eigenvalue weighted by atomic mass is 10.1. The van der Waals surface area contributed by atoms with E-state index in [1.165, 1.54) is 6.07 Å². The topological polar surface area (TPSA) is 72.2 Å². The normalized spacial score (nSPS) is 13.7. The summed E-state index contributed by atoms with van der Waals surface area (Å²) in [6.45, 7) is 8.14. The van der Waals surface area contributed by atoms with Gasteiger partial charge in [0.1, 0.15) is 0 Å². The van der Waals surface area contributed by atoms with E-state index < -0.39 is 10.0 Å². The summed E-state index contributed by atoms with van der Waals surface area (Å²) in [4.78, 5) is 0.215. The summed E-state index contributed by atoms with van der Waals surface area (Å²) in [6.07, 6.45) is 1.78. The van der Waals surface area contributed by atoms with Crippen molar-refractivity contribution >= 4 is 21.6 Å². The van der Waals surface area contributed by atoms with E-state index in [1.807, 2.05) is 6.92 Å². The first-order valence-corrected chi connectivity index (χ1v) is 9.05. The Labute approximate surface area is 133 Å². The average Bonchev–Trinajstić information content (AvgIpc) is 2.38. The molecule has 21 heavy (non-hydrogen) atoms. The molecule has 0 radical (unpaired) electrons. The monoisotopic (exact) mass is 332 g/mol. The third-order valence-electron chi connectivity index (χ3n) is 3.48. The van der Waals surface area contributed by atoms with Crippen LogP contribution in [-0.4, -0.2) is 14.5 Å². The Morgan fingerprint density at radius 2 is 1.86 bits per heavy atom. The molecule has 6 heteroatoms. The third-order valence-corrected chi connectivity index (χ3v) is 5.41. The molecule has 1 rings (SSSR count). The quantitative estimate of drug-likeness (QED) is 0.805. The number of benzene rings is 1. The molecule has 1 aromatic carbocycles. The molecule has 0 spiro atoms. The van der Waals surface area contributed by atoms with Crippen LogP contribution in [0, 0.1) is 12.8 Å². The van der Waals surface area contributed by atoms with Crippen molar-refractivity contribution in [2.75, 3.05) is 0 Å². The van der Waals surface area contributed by atoms with E-state index in [4.69, 9.17) is 17.3 Å².